The first-order valence-corrected chi connectivity index (χ1v) is 10.7. The van der Waals surface area contributed by atoms with Crippen LogP contribution in [-0.4, -0.2) is 44.3 Å². The summed E-state index contributed by atoms with van der Waals surface area (Å²) in [6.07, 6.45) is 10.9. The molecule has 0 unspecified atom stereocenters. The maximum atomic E-state index is 10.9. The molecule has 0 aliphatic heterocycles. The zero-order chi connectivity index (χ0) is 20.2. The number of rotatable bonds is 7. The van der Waals surface area contributed by atoms with Crippen molar-refractivity contribution in [2.24, 2.45) is 5.92 Å². The average Bonchev–Trinajstić information content (AvgIpc) is 3.40. The van der Waals surface area contributed by atoms with Gasteiger partial charge in [-0.15, -0.1) is 0 Å². The summed E-state index contributed by atoms with van der Waals surface area (Å²) in [7, 11) is 2.02. The normalized spacial score (nSPS) is 22.5. The van der Waals surface area contributed by atoms with Crippen molar-refractivity contribution in [3.05, 3.63) is 24.0 Å². The van der Waals surface area contributed by atoms with Gasteiger partial charge in [0, 0.05) is 43.4 Å². The van der Waals surface area contributed by atoms with E-state index in [1.54, 1.807) is 6.20 Å². The minimum Gasteiger partial charge on any atom is -0.481 e. The Balaban J connectivity index is 1.36. The number of carboxylic acid groups (broad SMARTS) is 1. The van der Waals surface area contributed by atoms with Crippen LogP contribution in [0.2, 0.25) is 0 Å². The lowest BCUT2D eigenvalue weighted by atomic mass is 9.84. The molecule has 0 atom stereocenters. The quantitative estimate of drug-likeness (QED) is 0.645. The molecule has 156 valence electrons. The molecule has 8 nitrogen and oxygen atoms in total. The Kier molecular flexibility index (Phi) is 5.97. The summed E-state index contributed by atoms with van der Waals surface area (Å²) in [4.78, 5) is 22.2. The van der Waals surface area contributed by atoms with E-state index in [0.29, 0.717) is 23.8 Å². The Morgan fingerprint density at radius 3 is 2.69 bits per heavy atom. The Labute approximate surface area is 171 Å². The third-order valence-corrected chi connectivity index (χ3v) is 6.43. The summed E-state index contributed by atoms with van der Waals surface area (Å²) in [5.74, 6) is 2.39. The van der Waals surface area contributed by atoms with Gasteiger partial charge in [-0.3, -0.25) is 9.89 Å². The molecule has 2 fully saturated rings. The predicted molar refractivity (Wildman–Crippen MR) is 112 cm³/mol. The largest absolute Gasteiger partial charge is 0.481 e. The number of aromatic nitrogens is 4. The minimum absolute atomic E-state index is 0.277. The maximum absolute atomic E-state index is 10.9. The van der Waals surface area contributed by atoms with Crippen LogP contribution in [0.3, 0.4) is 0 Å². The summed E-state index contributed by atoms with van der Waals surface area (Å²) in [5, 5.41) is 19.8. The van der Waals surface area contributed by atoms with Crippen molar-refractivity contribution in [3.8, 4) is 0 Å². The lowest BCUT2D eigenvalue weighted by Crippen LogP contribution is -2.36. The van der Waals surface area contributed by atoms with Crippen molar-refractivity contribution in [1.82, 2.24) is 20.2 Å². The molecule has 0 bridgehead atoms. The molecule has 0 aromatic carbocycles. The molecule has 8 heteroatoms. The Morgan fingerprint density at radius 2 is 1.97 bits per heavy atom. The average molecular weight is 399 g/mol. The van der Waals surface area contributed by atoms with Crippen LogP contribution in [-0.2, 0) is 4.79 Å². The SMILES string of the molecule is CN(c1nccc(Nc2cc(C3CCCC3)[nH]n2)n1)C1CCC(CC(=O)O)CC1. The summed E-state index contributed by atoms with van der Waals surface area (Å²) in [6, 6.07) is 4.28. The highest BCUT2D eigenvalue weighted by atomic mass is 16.4. The molecule has 2 aliphatic carbocycles. The lowest BCUT2D eigenvalue weighted by molar-refractivity contribution is -0.138. The second-order valence-electron chi connectivity index (χ2n) is 8.44. The molecule has 0 amide bonds. The van der Waals surface area contributed by atoms with Gasteiger partial charge in [0.25, 0.3) is 0 Å². The van der Waals surface area contributed by atoms with E-state index in [1.165, 1.54) is 31.4 Å². The van der Waals surface area contributed by atoms with E-state index in [9.17, 15) is 4.79 Å². The summed E-state index contributed by atoms with van der Waals surface area (Å²) < 4.78 is 0. The van der Waals surface area contributed by atoms with Crippen molar-refractivity contribution in [2.45, 2.75) is 69.7 Å². The van der Waals surface area contributed by atoms with Crippen LogP contribution in [0.5, 0.6) is 0 Å². The second-order valence-corrected chi connectivity index (χ2v) is 8.44. The van der Waals surface area contributed by atoms with E-state index in [4.69, 9.17) is 5.11 Å². The van der Waals surface area contributed by atoms with Gasteiger partial charge in [-0.1, -0.05) is 12.8 Å². The standard InChI is InChI=1S/C21H30N6O2/c1-27(16-8-6-14(7-9-16)12-20(28)29)21-22-11-10-18(24-21)23-19-13-17(25-26-19)15-4-2-3-5-15/h10-11,13-16H,2-9,12H2,1H3,(H,28,29)(H2,22,23,24,25,26). The number of nitrogens with one attached hydrogen (secondary N) is 2. The molecule has 0 saturated heterocycles. The highest BCUT2D eigenvalue weighted by Crippen LogP contribution is 2.34. The van der Waals surface area contributed by atoms with E-state index in [-0.39, 0.29) is 6.42 Å². The molecule has 0 radical (unpaired) electrons. The van der Waals surface area contributed by atoms with Gasteiger partial charge in [0.2, 0.25) is 5.95 Å². The molecule has 2 aromatic heterocycles. The number of anilines is 3. The summed E-state index contributed by atoms with van der Waals surface area (Å²) in [6.45, 7) is 0. The number of carboxylic acids is 1. The Hall–Kier alpha value is -2.64. The van der Waals surface area contributed by atoms with Crippen LogP contribution in [0.4, 0.5) is 17.6 Å². The first-order chi connectivity index (χ1) is 14.1. The molecule has 2 heterocycles. The molecule has 2 aromatic rings. The van der Waals surface area contributed by atoms with Gasteiger partial charge >= 0.3 is 5.97 Å². The fourth-order valence-electron chi connectivity index (χ4n) is 4.71. The fourth-order valence-corrected chi connectivity index (χ4v) is 4.71. The highest BCUT2D eigenvalue weighted by molar-refractivity contribution is 5.67. The molecule has 3 N–H and O–H groups in total. The molecule has 2 aliphatic rings. The van der Waals surface area contributed by atoms with Crippen LogP contribution >= 0.6 is 0 Å². The van der Waals surface area contributed by atoms with Crippen molar-refractivity contribution in [3.63, 3.8) is 0 Å². The van der Waals surface area contributed by atoms with E-state index in [2.05, 4.69) is 36.4 Å². The van der Waals surface area contributed by atoms with Crippen molar-refractivity contribution < 1.29 is 9.90 Å². The summed E-state index contributed by atoms with van der Waals surface area (Å²) >= 11 is 0. The van der Waals surface area contributed by atoms with Crippen LogP contribution in [0.15, 0.2) is 18.3 Å². The van der Waals surface area contributed by atoms with Crippen LogP contribution < -0.4 is 10.2 Å². The number of H-pyrrole nitrogens is 1. The molecule has 2 saturated carbocycles. The minimum atomic E-state index is -0.696. The Morgan fingerprint density at radius 1 is 1.21 bits per heavy atom. The van der Waals surface area contributed by atoms with Gasteiger partial charge in [0.1, 0.15) is 5.82 Å². The topological polar surface area (TPSA) is 107 Å². The van der Waals surface area contributed by atoms with E-state index < -0.39 is 5.97 Å². The molecular formula is C21H30N6O2. The predicted octanol–water partition coefficient (Wildman–Crippen LogP) is 4.07. The van der Waals surface area contributed by atoms with Crippen LogP contribution in [0.1, 0.15) is 69.4 Å². The first kappa shape index (κ1) is 19.7. The molecule has 29 heavy (non-hydrogen) atoms. The zero-order valence-electron chi connectivity index (χ0n) is 17.0. The van der Waals surface area contributed by atoms with Gasteiger partial charge in [0.15, 0.2) is 5.82 Å². The number of aliphatic carboxylic acids is 1. The zero-order valence-corrected chi connectivity index (χ0v) is 17.0. The number of hydrogen-bond acceptors (Lipinski definition) is 6. The van der Waals surface area contributed by atoms with Crippen LogP contribution in [0, 0.1) is 5.92 Å². The van der Waals surface area contributed by atoms with E-state index in [0.717, 1.165) is 37.3 Å². The summed E-state index contributed by atoms with van der Waals surface area (Å²) in [5.41, 5.74) is 1.20. The van der Waals surface area contributed by atoms with Gasteiger partial charge in [-0.25, -0.2) is 4.98 Å². The van der Waals surface area contributed by atoms with Gasteiger partial charge in [-0.2, -0.15) is 10.1 Å². The molecule has 4 rings (SSSR count). The second kappa shape index (κ2) is 8.80. The highest BCUT2D eigenvalue weighted by Gasteiger charge is 2.26. The van der Waals surface area contributed by atoms with Gasteiger partial charge < -0.3 is 15.3 Å². The first-order valence-electron chi connectivity index (χ1n) is 10.7. The smallest absolute Gasteiger partial charge is 0.303 e. The third kappa shape index (κ3) is 4.86. The molecular weight excluding hydrogens is 368 g/mol. The molecule has 0 spiro atoms. The Bertz CT molecular complexity index is 824. The van der Waals surface area contributed by atoms with E-state index >= 15 is 0 Å². The van der Waals surface area contributed by atoms with E-state index in [1.807, 2.05) is 13.1 Å². The van der Waals surface area contributed by atoms with Crippen molar-refractivity contribution in [1.29, 1.82) is 0 Å². The maximum Gasteiger partial charge on any atom is 0.303 e. The van der Waals surface area contributed by atoms with Crippen molar-refractivity contribution >= 4 is 23.6 Å². The number of carbonyl (C=O) groups is 1. The van der Waals surface area contributed by atoms with Crippen LogP contribution in [0.25, 0.3) is 0 Å². The van der Waals surface area contributed by atoms with Gasteiger partial charge in [-0.05, 0) is 50.5 Å². The number of hydrogen-bond donors (Lipinski definition) is 3. The van der Waals surface area contributed by atoms with Crippen molar-refractivity contribution in [2.75, 3.05) is 17.3 Å². The monoisotopic (exact) mass is 398 g/mol. The number of aromatic amines is 1. The van der Waals surface area contributed by atoms with Gasteiger partial charge in [0.05, 0.1) is 0 Å². The number of nitrogens with zero attached hydrogens (tertiary/aromatic N) is 4. The third-order valence-electron chi connectivity index (χ3n) is 6.43. The fraction of sp³-hybridized carbons (Fsp3) is 0.619. The lowest BCUT2D eigenvalue weighted by Gasteiger charge is -2.34.